The normalized spacial score (nSPS) is 12.9. The van der Waals surface area contributed by atoms with Gasteiger partial charge in [0.05, 0.1) is 25.3 Å². The van der Waals surface area contributed by atoms with Crippen molar-refractivity contribution in [2.45, 2.75) is 33.2 Å². The molecule has 1 amide bonds. The van der Waals surface area contributed by atoms with Crippen molar-refractivity contribution >= 4 is 5.91 Å². The molecule has 0 aliphatic carbocycles. The van der Waals surface area contributed by atoms with Gasteiger partial charge in [0.1, 0.15) is 0 Å². The molecule has 1 aromatic carbocycles. The summed E-state index contributed by atoms with van der Waals surface area (Å²) in [5, 5.41) is 12.0. The van der Waals surface area contributed by atoms with E-state index in [-0.39, 0.29) is 23.3 Å². The maximum absolute atomic E-state index is 14.0. The third kappa shape index (κ3) is 4.49. The van der Waals surface area contributed by atoms with E-state index in [2.05, 4.69) is 5.32 Å². The van der Waals surface area contributed by atoms with Crippen LogP contribution in [0, 0.1) is 11.2 Å². The number of benzene rings is 1. The van der Waals surface area contributed by atoms with Crippen LogP contribution in [-0.2, 0) is 0 Å². The van der Waals surface area contributed by atoms with Crippen molar-refractivity contribution in [2.75, 3.05) is 13.7 Å². The predicted octanol–water partition coefficient (Wildman–Crippen LogP) is 2.36. The molecule has 4 nitrogen and oxygen atoms in total. The lowest BCUT2D eigenvalue weighted by Gasteiger charge is -2.25. The first-order valence-corrected chi connectivity index (χ1v) is 6.52. The lowest BCUT2D eigenvalue weighted by molar-refractivity contribution is 0.0893. The van der Waals surface area contributed by atoms with Crippen LogP contribution < -0.4 is 10.1 Å². The van der Waals surface area contributed by atoms with E-state index in [9.17, 15) is 14.3 Å². The predicted molar refractivity (Wildman–Crippen MR) is 75.4 cm³/mol. The van der Waals surface area contributed by atoms with Gasteiger partial charge in [-0.15, -0.1) is 0 Å². The van der Waals surface area contributed by atoms with Gasteiger partial charge in [0.2, 0.25) is 0 Å². The average molecular weight is 283 g/mol. The molecule has 0 fully saturated rings. The van der Waals surface area contributed by atoms with Gasteiger partial charge in [0, 0.05) is 0 Å². The smallest absolute Gasteiger partial charge is 0.254 e. The van der Waals surface area contributed by atoms with E-state index < -0.39 is 17.8 Å². The minimum Gasteiger partial charge on any atom is -0.494 e. The van der Waals surface area contributed by atoms with Crippen LogP contribution in [0.5, 0.6) is 5.75 Å². The number of hydrogen-bond donors (Lipinski definition) is 2. The number of aliphatic hydroxyl groups excluding tert-OH is 1. The molecule has 2 N–H and O–H groups in total. The Morgan fingerprint density at radius 2 is 2.10 bits per heavy atom. The van der Waals surface area contributed by atoms with Crippen LogP contribution in [0.25, 0.3) is 0 Å². The lowest BCUT2D eigenvalue weighted by atomic mass is 9.88. The van der Waals surface area contributed by atoms with E-state index in [1.54, 1.807) is 6.07 Å². The first-order valence-electron chi connectivity index (χ1n) is 6.52. The summed E-state index contributed by atoms with van der Waals surface area (Å²) < 4.78 is 18.8. The van der Waals surface area contributed by atoms with Crippen LogP contribution in [0.2, 0.25) is 0 Å². The molecule has 1 rings (SSSR count). The number of halogens is 1. The van der Waals surface area contributed by atoms with Crippen molar-refractivity contribution in [3.05, 3.63) is 29.6 Å². The summed E-state index contributed by atoms with van der Waals surface area (Å²) in [4.78, 5) is 12.1. The number of aliphatic hydroxyl groups is 1. The highest BCUT2D eigenvalue weighted by Crippen LogP contribution is 2.22. The number of hydrogen-bond acceptors (Lipinski definition) is 3. The molecule has 0 aromatic heterocycles. The highest BCUT2D eigenvalue weighted by Gasteiger charge is 2.22. The second kappa shape index (κ2) is 6.70. The molecule has 0 saturated carbocycles. The Labute approximate surface area is 119 Å². The molecule has 1 aromatic rings. The van der Waals surface area contributed by atoms with Crippen LogP contribution in [-0.4, -0.2) is 30.8 Å². The Kier molecular flexibility index (Phi) is 5.51. The van der Waals surface area contributed by atoms with Crippen molar-refractivity contribution in [3.8, 4) is 5.75 Å². The van der Waals surface area contributed by atoms with Crippen molar-refractivity contribution in [1.82, 2.24) is 5.32 Å². The lowest BCUT2D eigenvalue weighted by Crippen LogP contribution is -2.40. The van der Waals surface area contributed by atoms with Crippen molar-refractivity contribution < 1.29 is 19.0 Å². The molecule has 0 heterocycles. The number of ether oxygens (including phenoxy) is 1. The van der Waals surface area contributed by atoms with E-state index in [1.807, 2.05) is 20.8 Å². The van der Waals surface area contributed by atoms with Gasteiger partial charge in [-0.05, 0) is 24.0 Å². The number of carbonyl (C=O) groups is 1. The topological polar surface area (TPSA) is 58.6 Å². The molecule has 5 heteroatoms. The van der Waals surface area contributed by atoms with Gasteiger partial charge in [0.25, 0.3) is 5.91 Å². The third-order valence-corrected chi connectivity index (χ3v) is 2.84. The van der Waals surface area contributed by atoms with Gasteiger partial charge < -0.3 is 15.2 Å². The Morgan fingerprint density at radius 1 is 1.45 bits per heavy atom. The zero-order valence-electron chi connectivity index (χ0n) is 12.4. The van der Waals surface area contributed by atoms with Gasteiger partial charge in [-0.1, -0.05) is 26.8 Å². The highest BCUT2D eigenvalue weighted by atomic mass is 19.1. The molecule has 112 valence electrons. The quantitative estimate of drug-likeness (QED) is 0.872. The molecule has 0 spiro atoms. The molecular weight excluding hydrogens is 261 g/mol. The number of amides is 1. The van der Waals surface area contributed by atoms with Crippen LogP contribution >= 0.6 is 0 Å². The Balaban J connectivity index is 2.85. The van der Waals surface area contributed by atoms with Crippen molar-refractivity contribution in [2.24, 2.45) is 5.41 Å². The second-order valence-corrected chi connectivity index (χ2v) is 5.94. The monoisotopic (exact) mass is 283 g/mol. The van der Waals surface area contributed by atoms with Gasteiger partial charge >= 0.3 is 0 Å². The van der Waals surface area contributed by atoms with E-state index in [4.69, 9.17) is 4.74 Å². The highest BCUT2D eigenvalue weighted by molar-refractivity contribution is 5.95. The summed E-state index contributed by atoms with van der Waals surface area (Å²) >= 11 is 0. The Bertz CT molecular complexity index is 469. The molecule has 20 heavy (non-hydrogen) atoms. The zero-order chi connectivity index (χ0) is 15.3. The summed E-state index contributed by atoms with van der Waals surface area (Å²) in [6.45, 7) is 5.84. The van der Waals surface area contributed by atoms with Crippen molar-refractivity contribution in [3.63, 3.8) is 0 Å². The zero-order valence-corrected chi connectivity index (χ0v) is 12.4. The van der Waals surface area contributed by atoms with E-state index in [0.29, 0.717) is 6.42 Å². The maximum Gasteiger partial charge on any atom is 0.254 e. The van der Waals surface area contributed by atoms with Gasteiger partial charge in [-0.25, -0.2) is 4.39 Å². The molecule has 1 unspecified atom stereocenters. The van der Waals surface area contributed by atoms with E-state index >= 15 is 0 Å². The fraction of sp³-hybridized carbons (Fsp3) is 0.533. The maximum atomic E-state index is 14.0. The second-order valence-electron chi connectivity index (χ2n) is 5.94. The number of nitrogens with one attached hydrogen (secondary N) is 1. The van der Waals surface area contributed by atoms with Gasteiger partial charge in [-0.3, -0.25) is 4.79 Å². The first-order chi connectivity index (χ1) is 9.28. The van der Waals surface area contributed by atoms with E-state index in [1.165, 1.54) is 19.2 Å². The minimum absolute atomic E-state index is 0.0222. The Hall–Kier alpha value is -1.62. The third-order valence-electron chi connectivity index (χ3n) is 2.84. The van der Waals surface area contributed by atoms with Crippen LogP contribution in [0.1, 0.15) is 37.6 Å². The van der Waals surface area contributed by atoms with Crippen molar-refractivity contribution in [1.29, 1.82) is 0 Å². The molecule has 0 aliphatic heterocycles. The number of rotatable bonds is 5. The molecule has 0 saturated heterocycles. The first kappa shape index (κ1) is 16.4. The van der Waals surface area contributed by atoms with Crippen LogP contribution in [0.3, 0.4) is 0 Å². The van der Waals surface area contributed by atoms with Gasteiger partial charge in [0.15, 0.2) is 11.6 Å². The van der Waals surface area contributed by atoms with Gasteiger partial charge in [-0.2, -0.15) is 0 Å². The number of carbonyl (C=O) groups excluding carboxylic acids is 1. The summed E-state index contributed by atoms with van der Waals surface area (Å²) in [6, 6.07) is 3.98. The molecule has 0 bridgehead atoms. The van der Waals surface area contributed by atoms with E-state index in [0.717, 1.165) is 0 Å². The largest absolute Gasteiger partial charge is 0.494 e. The van der Waals surface area contributed by atoms with Crippen LogP contribution in [0.4, 0.5) is 4.39 Å². The summed E-state index contributed by atoms with van der Waals surface area (Å²) in [5.74, 6) is -1.22. The molecule has 0 radical (unpaired) electrons. The summed E-state index contributed by atoms with van der Waals surface area (Å²) in [5.41, 5.74) is -0.134. The SMILES string of the molecule is COc1cccc(C(=O)NC(CO)CC(C)(C)C)c1F. The standard InChI is InChI=1S/C15H22FNO3/c1-15(2,3)8-10(9-18)17-14(19)11-6-5-7-12(20-4)13(11)16/h5-7,10,18H,8-9H2,1-4H3,(H,17,19). The fourth-order valence-electron chi connectivity index (χ4n) is 2.01. The molecular formula is C15H22FNO3. The van der Waals surface area contributed by atoms with Crippen LogP contribution in [0.15, 0.2) is 18.2 Å². The minimum atomic E-state index is -0.694. The summed E-state index contributed by atoms with van der Waals surface area (Å²) in [6.07, 6.45) is 0.598. The number of methoxy groups -OCH3 is 1. The fourth-order valence-corrected chi connectivity index (χ4v) is 2.01. The average Bonchev–Trinajstić information content (AvgIpc) is 2.36. The molecule has 0 aliphatic rings. The summed E-state index contributed by atoms with van der Waals surface area (Å²) in [7, 11) is 1.34. The molecule has 1 atom stereocenters. The Morgan fingerprint density at radius 3 is 2.60 bits per heavy atom.